The van der Waals surface area contributed by atoms with E-state index < -0.39 is 46.5 Å². The SMILES string of the molecule is O=P([O-])(OC[C@H](O)CO)OC[C@@H](O)CO. The minimum atomic E-state index is -4.62. The molecule has 0 spiro atoms. The molecule has 0 aliphatic heterocycles. The van der Waals surface area contributed by atoms with Gasteiger partial charge < -0.3 is 34.4 Å². The summed E-state index contributed by atoms with van der Waals surface area (Å²) in [5.74, 6) is 0. The Balaban J connectivity index is 3.81. The third-order valence-corrected chi connectivity index (χ3v) is 2.20. The van der Waals surface area contributed by atoms with E-state index in [1.54, 1.807) is 0 Å². The first-order valence-electron chi connectivity index (χ1n) is 4.09. The zero-order valence-corrected chi connectivity index (χ0v) is 8.75. The van der Waals surface area contributed by atoms with E-state index in [2.05, 4.69) is 9.05 Å². The summed E-state index contributed by atoms with van der Waals surface area (Å²) in [6.07, 6.45) is -2.64. The van der Waals surface area contributed by atoms with Crippen molar-refractivity contribution in [1.82, 2.24) is 0 Å². The molecular weight excluding hydrogens is 231 g/mol. The molecule has 4 N–H and O–H groups in total. The molecule has 0 aliphatic rings. The van der Waals surface area contributed by atoms with E-state index in [0.29, 0.717) is 0 Å². The molecular formula is C6H14O8P-. The number of aliphatic hydroxyl groups excluding tert-OH is 4. The number of phosphoric acid groups is 1. The Hall–Kier alpha value is -0.0500. The van der Waals surface area contributed by atoms with Crippen molar-refractivity contribution in [1.29, 1.82) is 0 Å². The molecule has 0 aromatic rings. The molecule has 0 rings (SSSR count). The first-order valence-corrected chi connectivity index (χ1v) is 5.55. The van der Waals surface area contributed by atoms with Crippen molar-refractivity contribution < 1.29 is 38.9 Å². The highest BCUT2D eigenvalue weighted by Gasteiger charge is 2.14. The zero-order valence-electron chi connectivity index (χ0n) is 7.85. The maximum atomic E-state index is 10.9. The van der Waals surface area contributed by atoms with Gasteiger partial charge in [-0.3, -0.25) is 4.57 Å². The highest BCUT2D eigenvalue weighted by Crippen LogP contribution is 2.38. The van der Waals surface area contributed by atoms with Crippen molar-refractivity contribution in [3.63, 3.8) is 0 Å². The van der Waals surface area contributed by atoms with Crippen LogP contribution in [0, 0.1) is 0 Å². The summed E-state index contributed by atoms with van der Waals surface area (Å²) in [5, 5.41) is 34.2. The minimum absolute atomic E-state index is 0.632. The predicted molar refractivity (Wildman–Crippen MR) is 45.7 cm³/mol. The van der Waals surface area contributed by atoms with Crippen LogP contribution in [0.25, 0.3) is 0 Å². The first-order chi connectivity index (χ1) is 6.91. The van der Waals surface area contributed by atoms with Crippen LogP contribution in [0.2, 0.25) is 0 Å². The second-order valence-corrected chi connectivity index (χ2v) is 4.12. The van der Waals surface area contributed by atoms with Gasteiger partial charge in [0.25, 0.3) is 7.82 Å². The maximum Gasteiger partial charge on any atom is 0.268 e. The third kappa shape index (κ3) is 7.83. The molecule has 0 heterocycles. The quantitative estimate of drug-likeness (QED) is 0.336. The number of hydrogen-bond donors (Lipinski definition) is 4. The van der Waals surface area contributed by atoms with Crippen LogP contribution in [0.4, 0.5) is 0 Å². The number of aliphatic hydroxyl groups is 4. The summed E-state index contributed by atoms with van der Waals surface area (Å²) in [5.41, 5.74) is 0. The lowest BCUT2D eigenvalue weighted by molar-refractivity contribution is -0.229. The van der Waals surface area contributed by atoms with Gasteiger partial charge in [-0.1, -0.05) is 0 Å². The number of rotatable bonds is 8. The van der Waals surface area contributed by atoms with Crippen LogP contribution in [0.3, 0.4) is 0 Å². The third-order valence-electron chi connectivity index (χ3n) is 1.27. The average molecular weight is 245 g/mol. The van der Waals surface area contributed by atoms with Crippen LogP contribution in [-0.2, 0) is 13.6 Å². The minimum Gasteiger partial charge on any atom is -0.756 e. The Kier molecular flexibility index (Phi) is 7.24. The van der Waals surface area contributed by atoms with Gasteiger partial charge in [-0.05, 0) is 0 Å². The smallest absolute Gasteiger partial charge is 0.268 e. The molecule has 92 valence electrons. The van der Waals surface area contributed by atoms with E-state index >= 15 is 0 Å². The van der Waals surface area contributed by atoms with E-state index in [9.17, 15) is 9.46 Å². The molecule has 0 aromatic heterocycles. The fourth-order valence-electron chi connectivity index (χ4n) is 0.497. The molecule has 1 unspecified atom stereocenters. The summed E-state index contributed by atoms with van der Waals surface area (Å²) >= 11 is 0. The molecule has 15 heavy (non-hydrogen) atoms. The Morgan fingerprint density at radius 2 is 1.40 bits per heavy atom. The lowest BCUT2D eigenvalue weighted by atomic mass is 10.4. The van der Waals surface area contributed by atoms with Crippen molar-refractivity contribution in [3.8, 4) is 0 Å². The van der Waals surface area contributed by atoms with Gasteiger partial charge in [0.05, 0.1) is 26.4 Å². The topological polar surface area (TPSA) is 140 Å². The van der Waals surface area contributed by atoms with Crippen molar-refractivity contribution in [3.05, 3.63) is 0 Å². The van der Waals surface area contributed by atoms with Gasteiger partial charge in [-0.2, -0.15) is 0 Å². The second-order valence-electron chi connectivity index (χ2n) is 2.71. The Bertz CT molecular complexity index is 191. The zero-order chi connectivity index (χ0) is 11.9. The van der Waals surface area contributed by atoms with E-state index in [4.69, 9.17) is 20.4 Å². The number of hydrogen-bond acceptors (Lipinski definition) is 8. The van der Waals surface area contributed by atoms with Crippen molar-refractivity contribution in [2.24, 2.45) is 0 Å². The molecule has 0 saturated carbocycles. The molecule has 0 fully saturated rings. The monoisotopic (exact) mass is 245 g/mol. The fourth-order valence-corrected chi connectivity index (χ4v) is 1.28. The molecule has 0 amide bonds. The standard InChI is InChI=1S/C6H15O8P/c7-1-5(9)3-13-15(11,12)14-4-6(10)2-8/h5-10H,1-4H2,(H,11,12)/p-1/t5-,6+. The van der Waals surface area contributed by atoms with Gasteiger partial charge in [-0.15, -0.1) is 0 Å². The van der Waals surface area contributed by atoms with Gasteiger partial charge in [0.15, 0.2) is 0 Å². The highest BCUT2D eigenvalue weighted by molar-refractivity contribution is 7.45. The van der Waals surface area contributed by atoms with Crippen LogP contribution in [0.1, 0.15) is 0 Å². The van der Waals surface area contributed by atoms with Crippen LogP contribution >= 0.6 is 7.82 Å². The van der Waals surface area contributed by atoms with Crippen LogP contribution < -0.4 is 4.89 Å². The van der Waals surface area contributed by atoms with Gasteiger partial charge in [-0.25, -0.2) is 0 Å². The Morgan fingerprint density at radius 3 is 1.67 bits per heavy atom. The first kappa shape index (κ1) is 14.9. The van der Waals surface area contributed by atoms with Crippen LogP contribution in [0.15, 0.2) is 0 Å². The van der Waals surface area contributed by atoms with E-state index in [1.807, 2.05) is 0 Å². The molecule has 0 aromatic carbocycles. The van der Waals surface area contributed by atoms with Gasteiger partial charge in [0.2, 0.25) is 0 Å². The molecule has 9 heteroatoms. The lowest BCUT2D eigenvalue weighted by Crippen LogP contribution is -2.24. The van der Waals surface area contributed by atoms with Gasteiger partial charge in [0.1, 0.15) is 12.2 Å². The van der Waals surface area contributed by atoms with Crippen molar-refractivity contribution in [2.75, 3.05) is 26.4 Å². The molecule has 0 aliphatic carbocycles. The summed E-state index contributed by atoms with van der Waals surface area (Å²) in [6, 6.07) is 0. The normalized spacial score (nSPS) is 19.5. The van der Waals surface area contributed by atoms with Crippen molar-refractivity contribution >= 4 is 7.82 Å². The summed E-state index contributed by atoms with van der Waals surface area (Å²) < 4.78 is 19.2. The predicted octanol–water partition coefficient (Wildman–Crippen LogP) is -2.81. The van der Waals surface area contributed by atoms with Gasteiger partial charge in [0, 0.05) is 0 Å². The van der Waals surface area contributed by atoms with E-state index in [-0.39, 0.29) is 0 Å². The van der Waals surface area contributed by atoms with E-state index in [1.165, 1.54) is 0 Å². The molecule has 3 atom stereocenters. The average Bonchev–Trinajstić information content (AvgIpc) is 2.22. The number of phosphoric ester groups is 1. The fraction of sp³-hybridized carbons (Fsp3) is 1.00. The maximum absolute atomic E-state index is 10.9. The highest BCUT2D eigenvalue weighted by atomic mass is 31.2. The summed E-state index contributed by atoms with van der Waals surface area (Å²) in [7, 11) is -4.62. The molecule has 8 nitrogen and oxygen atoms in total. The Morgan fingerprint density at radius 1 is 1.07 bits per heavy atom. The lowest BCUT2D eigenvalue weighted by Gasteiger charge is -2.24. The van der Waals surface area contributed by atoms with Crippen molar-refractivity contribution in [2.45, 2.75) is 12.2 Å². The molecule has 0 radical (unpaired) electrons. The summed E-state index contributed by atoms with van der Waals surface area (Å²) in [4.78, 5) is 10.9. The molecule has 0 bridgehead atoms. The summed E-state index contributed by atoms with van der Waals surface area (Å²) in [6.45, 7) is -2.54. The van der Waals surface area contributed by atoms with E-state index in [0.717, 1.165) is 0 Å². The van der Waals surface area contributed by atoms with Crippen LogP contribution in [-0.4, -0.2) is 59.1 Å². The Labute approximate surface area is 86.3 Å². The van der Waals surface area contributed by atoms with Crippen LogP contribution in [0.5, 0.6) is 0 Å². The second kappa shape index (κ2) is 7.26. The van der Waals surface area contributed by atoms with Gasteiger partial charge >= 0.3 is 0 Å². The largest absolute Gasteiger partial charge is 0.756 e. The molecule has 0 saturated heterocycles.